The van der Waals surface area contributed by atoms with Gasteiger partial charge in [0.25, 0.3) is 0 Å². The highest BCUT2D eigenvalue weighted by Gasteiger charge is 2.43. The summed E-state index contributed by atoms with van der Waals surface area (Å²) in [6, 6.07) is 0. The number of hydrogen-bond acceptors (Lipinski definition) is 3. The van der Waals surface area contributed by atoms with Crippen molar-refractivity contribution in [3.8, 4) is 0 Å². The van der Waals surface area contributed by atoms with Crippen LogP contribution in [0, 0.1) is 11.8 Å². The van der Waals surface area contributed by atoms with Gasteiger partial charge in [0, 0.05) is 13.1 Å². The molecule has 2 heterocycles. The zero-order valence-corrected chi connectivity index (χ0v) is 12.0. The fraction of sp³-hybridized carbons (Fsp3) is 0.923. The van der Waals surface area contributed by atoms with Gasteiger partial charge in [-0.15, -0.1) is 11.6 Å². The van der Waals surface area contributed by atoms with E-state index in [0.717, 1.165) is 0 Å². The molecule has 0 bridgehead atoms. The van der Waals surface area contributed by atoms with Crippen LogP contribution >= 0.6 is 11.6 Å². The Balaban J connectivity index is 2.02. The van der Waals surface area contributed by atoms with Crippen molar-refractivity contribution in [2.45, 2.75) is 39.1 Å². The largest absolute Gasteiger partial charge is 0.374 e. The summed E-state index contributed by atoms with van der Waals surface area (Å²) in [6.07, 6.45) is 0.119. The number of ether oxygens (including phenoxy) is 2. The quantitative estimate of drug-likeness (QED) is 0.717. The van der Waals surface area contributed by atoms with Gasteiger partial charge in [-0.2, -0.15) is 0 Å². The molecule has 1 amide bonds. The maximum absolute atomic E-state index is 12.6. The van der Waals surface area contributed by atoms with E-state index in [1.807, 2.05) is 18.7 Å². The SMILES string of the molecule is CC1OC(C)C(C(=O)N2CCOC(CCl)C2)C1C. The van der Waals surface area contributed by atoms with Gasteiger partial charge in [-0.3, -0.25) is 4.79 Å². The van der Waals surface area contributed by atoms with Gasteiger partial charge in [0.2, 0.25) is 5.91 Å². The molecule has 18 heavy (non-hydrogen) atoms. The van der Waals surface area contributed by atoms with Crippen molar-refractivity contribution in [2.24, 2.45) is 11.8 Å². The van der Waals surface area contributed by atoms with Gasteiger partial charge in [-0.25, -0.2) is 0 Å². The number of halogens is 1. The van der Waals surface area contributed by atoms with Crippen LogP contribution in [0.5, 0.6) is 0 Å². The molecule has 0 aromatic heterocycles. The Morgan fingerprint density at radius 1 is 1.33 bits per heavy atom. The van der Waals surface area contributed by atoms with Crippen LogP contribution in [0.3, 0.4) is 0 Å². The Bertz CT molecular complexity index is 313. The van der Waals surface area contributed by atoms with Crippen LogP contribution < -0.4 is 0 Å². The molecule has 5 atom stereocenters. The maximum Gasteiger partial charge on any atom is 0.228 e. The summed E-state index contributed by atoms with van der Waals surface area (Å²) in [4.78, 5) is 14.5. The molecule has 5 unspecified atom stereocenters. The predicted octanol–water partition coefficient (Wildman–Crippen LogP) is 1.51. The van der Waals surface area contributed by atoms with E-state index in [4.69, 9.17) is 21.1 Å². The molecule has 4 nitrogen and oxygen atoms in total. The van der Waals surface area contributed by atoms with Crippen molar-refractivity contribution in [1.29, 1.82) is 0 Å². The average Bonchev–Trinajstić information content (AvgIpc) is 2.62. The van der Waals surface area contributed by atoms with Gasteiger partial charge in [0.15, 0.2) is 0 Å². The minimum atomic E-state index is -0.0333. The van der Waals surface area contributed by atoms with Gasteiger partial charge in [0.1, 0.15) is 0 Å². The molecule has 5 heteroatoms. The second-order valence-corrected chi connectivity index (χ2v) is 5.67. The molecule has 2 saturated heterocycles. The highest BCUT2D eigenvalue weighted by atomic mass is 35.5. The van der Waals surface area contributed by atoms with Crippen LogP contribution in [-0.4, -0.2) is 54.7 Å². The van der Waals surface area contributed by atoms with Crippen LogP contribution in [-0.2, 0) is 14.3 Å². The minimum absolute atomic E-state index is 0.000188. The molecular formula is C13H22ClNO3. The molecule has 2 rings (SSSR count). The van der Waals surface area contributed by atoms with E-state index >= 15 is 0 Å². The first-order chi connectivity index (χ1) is 8.54. The van der Waals surface area contributed by atoms with Gasteiger partial charge in [0.05, 0.1) is 36.7 Å². The Labute approximate surface area is 114 Å². The van der Waals surface area contributed by atoms with E-state index in [0.29, 0.717) is 25.6 Å². The molecule has 0 aromatic rings. The van der Waals surface area contributed by atoms with E-state index in [2.05, 4.69) is 6.92 Å². The lowest BCUT2D eigenvalue weighted by Crippen LogP contribution is -2.50. The van der Waals surface area contributed by atoms with Gasteiger partial charge in [-0.05, 0) is 19.8 Å². The normalized spacial score (nSPS) is 41.1. The highest BCUT2D eigenvalue weighted by molar-refractivity contribution is 6.18. The van der Waals surface area contributed by atoms with E-state index in [-0.39, 0.29) is 36.1 Å². The van der Waals surface area contributed by atoms with E-state index in [9.17, 15) is 4.79 Å². The molecule has 0 spiro atoms. The van der Waals surface area contributed by atoms with Crippen LogP contribution in [0.15, 0.2) is 0 Å². The second-order valence-electron chi connectivity index (χ2n) is 5.36. The summed E-state index contributed by atoms with van der Waals surface area (Å²) in [7, 11) is 0. The van der Waals surface area contributed by atoms with Crippen molar-refractivity contribution >= 4 is 17.5 Å². The van der Waals surface area contributed by atoms with Crippen LogP contribution in [0.2, 0.25) is 0 Å². The lowest BCUT2D eigenvalue weighted by atomic mass is 9.88. The topological polar surface area (TPSA) is 38.8 Å². The molecule has 2 aliphatic rings. The number of alkyl halides is 1. The number of rotatable bonds is 2. The summed E-state index contributed by atoms with van der Waals surface area (Å²) in [5.41, 5.74) is 0. The van der Waals surface area contributed by atoms with Crippen LogP contribution in [0.4, 0.5) is 0 Å². The van der Waals surface area contributed by atoms with Crippen molar-refractivity contribution in [2.75, 3.05) is 25.6 Å². The third-order valence-corrected chi connectivity index (χ3v) is 4.49. The third-order valence-electron chi connectivity index (χ3n) is 4.15. The summed E-state index contributed by atoms with van der Waals surface area (Å²) >= 11 is 5.80. The number of carbonyl (C=O) groups is 1. The number of amides is 1. The van der Waals surface area contributed by atoms with Crippen molar-refractivity contribution in [3.63, 3.8) is 0 Å². The predicted molar refractivity (Wildman–Crippen MR) is 69.7 cm³/mol. The summed E-state index contributed by atoms with van der Waals surface area (Å²) in [5, 5.41) is 0. The summed E-state index contributed by atoms with van der Waals surface area (Å²) in [6.45, 7) is 7.96. The number of hydrogen-bond donors (Lipinski definition) is 0. The van der Waals surface area contributed by atoms with Crippen molar-refractivity contribution < 1.29 is 14.3 Å². The summed E-state index contributed by atoms with van der Waals surface area (Å²) in [5.74, 6) is 0.864. The number of carbonyl (C=O) groups excluding carboxylic acids is 1. The monoisotopic (exact) mass is 275 g/mol. The van der Waals surface area contributed by atoms with E-state index in [1.165, 1.54) is 0 Å². The Hall–Kier alpha value is -0.320. The molecule has 104 valence electrons. The lowest BCUT2D eigenvalue weighted by Gasteiger charge is -2.35. The molecule has 2 fully saturated rings. The van der Waals surface area contributed by atoms with Crippen LogP contribution in [0.25, 0.3) is 0 Å². The average molecular weight is 276 g/mol. The molecule has 0 saturated carbocycles. The first kappa shape index (κ1) is 14.1. The Morgan fingerprint density at radius 2 is 2.06 bits per heavy atom. The highest BCUT2D eigenvalue weighted by Crippen LogP contribution is 2.33. The smallest absolute Gasteiger partial charge is 0.228 e. The van der Waals surface area contributed by atoms with Gasteiger partial charge < -0.3 is 14.4 Å². The maximum atomic E-state index is 12.6. The lowest BCUT2D eigenvalue weighted by molar-refractivity contribution is -0.144. The third kappa shape index (κ3) is 2.65. The fourth-order valence-electron chi connectivity index (χ4n) is 2.92. The Morgan fingerprint density at radius 3 is 2.61 bits per heavy atom. The van der Waals surface area contributed by atoms with Crippen molar-refractivity contribution in [1.82, 2.24) is 4.90 Å². The van der Waals surface area contributed by atoms with Gasteiger partial charge in [-0.1, -0.05) is 6.92 Å². The fourth-order valence-corrected chi connectivity index (χ4v) is 3.10. The molecule has 0 N–H and O–H groups in total. The Kier molecular flexibility index (Phi) is 4.51. The first-order valence-corrected chi connectivity index (χ1v) is 7.19. The van der Waals surface area contributed by atoms with Crippen molar-refractivity contribution in [3.05, 3.63) is 0 Å². The molecule has 2 aliphatic heterocycles. The van der Waals surface area contributed by atoms with Crippen LogP contribution in [0.1, 0.15) is 20.8 Å². The standard InChI is InChI=1S/C13H22ClNO3/c1-8-9(2)18-10(3)12(8)13(16)15-4-5-17-11(6-14)7-15/h8-12H,4-7H2,1-3H3. The van der Waals surface area contributed by atoms with Gasteiger partial charge >= 0.3 is 0 Å². The molecular weight excluding hydrogens is 254 g/mol. The van der Waals surface area contributed by atoms with E-state index in [1.54, 1.807) is 0 Å². The molecule has 0 aliphatic carbocycles. The first-order valence-electron chi connectivity index (χ1n) is 6.66. The summed E-state index contributed by atoms with van der Waals surface area (Å²) < 4.78 is 11.2. The molecule has 0 aromatic carbocycles. The minimum Gasteiger partial charge on any atom is -0.374 e. The number of morpholine rings is 1. The zero-order valence-electron chi connectivity index (χ0n) is 11.3. The van der Waals surface area contributed by atoms with E-state index < -0.39 is 0 Å². The number of nitrogens with zero attached hydrogens (tertiary/aromatic N) is 1. The zero-order chi connectivity index (χ0) is 13.3. The molecule has 0 radical (unpaired) electrons. The second kappa shape index (κ2) is 5.76.